The largest absolute Gasteiger partial charge is 0.511 e. The summed E-state index contributed by atoms with van der Waals surface area (Å²) in [4.78, 5) is 24.1. The van der Waals surface area contributed by atoms with Crippen LogP contribution in [0.25, 0.3) is 0 Å². The summed E-state index contributed by atoms with van der Waals surface area (Å²) >= 11 is 0. The Morgan fingerprint density at radius 1 is 1.23 bits per heavy atom. The second kappa shape index (κ2) is 5.54. The van der Waals surface area contributed by atoms with E-state index in [0.717, 1.165) is 6.42 Å². The number of carbonyl (C=O) groups excluding carboxylic acids is 2. The molecule has 3 aliphatic rings. The molecule has 1 saturated carbocycles. The SMILES string of the molecule is C[C@@H]1NC(=O)/C(=C(\O)[C@H]2[C@@H]3CC[C@H](O)C[C@H]3C=C[C@H]2C)C1=O. The number of nitrogens with one attached hydrogen (secondary N) is 1. The summed E-state index contributed by atoms with van der Waals surface area (Å²) in [5.41, 5.74) is -0.0653. The van der Waals surface area contributed by atoms with Crippen molar-refractivity contribution < 1.29 is 19.8 Å². The zero-order chi connectivity index (χ0) is 16.0. The van der Waals surface area contributed by atoms with E-state index in [1.165, 1.54) is 0 Å². The molecule has 1 amide bonds. The fourth-order valence-electron chi connectivity index (χ4n) is 4.22. The molecule has 120 valence electrons. The van der Waals surface area contributed by atoms with Crippen molar-refractivity contribution in [2.75, 3.05) is 0 Å². The number of carbonyl (C=O) groups is 2. The minimum Gasteiger partial charge on any atom is -0.511 e. The van der Waals surface area contributed by atoms with Crippen molar-refractivity contribution in [3.05, 3.63) is 23.5 Å². The molecular weight excluding hydrogens is 282 g/mol. The quantitative estimate of drug-likeness (QED) is 0.296. The lowest BCUT2D eigenvalue weighted by Gasteiger charge is -2.42. The molecule has 22 heavy (non-hydrogen) atoms. The first-order valence-electron chi connectivity index (χ1n) is 8.04. The molecule has 3 N–H and O–H groups in total. The van der Waals surface area contributed by atoms with Gasteiger partial charge in [-0.3, -0.25) is 9.59 Å². The Morgan fingerprint density at radius 3 is 2.59 bits per heavy atom. The summed E-state index contributed by atoms with van der Waals surface area (Å²) in [5.74, 6) is -0.633. The number of aliphatic hydroxyl groups is 2. The van der Waals surface area contributed by atoms with Crippen molar-refractivity contribution in [2.24, 2.45) is 23.7 Å². The molecule has 0 unspecified atom stereocenters. The highest BCUT2D eigenvalue weighted by molar-refractivity contribution is 6.26. The third-order valence-electron chi connectivity index (χ3n) is 5.40. The van der Waals surface area contributed by atoms with Crippen molar-refractivity contribution in [1.29, 1.82) is 0 Å². The van der Waals surface area contributed by atoms with Gasteiger partial charge < -0.3 is 15.5 Å². The Balaban J connectivity index is 1.97. The lowest BCUT2D eigenvalue weighted by molar-refractivity contribution is -0.117. The van der Waals surface area contributed by atoms with Crippen molar-refractivity contribution in [3.63, 3.8) is 0 Å². The fraction of sp³-hybridized carbons (Fsp3) is 0.647. The smallest absolute Gasteiger partial charge is 0.259 e. The molecule has 0 bridgehead atoms. The molecule has 0 radical (unpaired) electrons. The maximum atomic E-state index is 12.2. The normalized spacial score (nSPS) is 43.8. The van der Waals surface area contributed by atoms with E-state index in [-0.39, 0.29) is 46.9 Å². The molecule has 6 atom stereocenters. The van der Waals surface area contributed by atoms with E-state index < -0.39 is 11.9 Å². The highest BCUT2D eigenvalue weighted by Crippen LogP contribution is 2.46. The lowest BCUT2D eigenvalue weighted by Crippen LogP contribution is -2.38. The molecule has 5 heteroatoms. The van der Waals surface area contributed by atoms with Crippen LogP contribution in [0, 0.1) is 23.7 Å². The molecule has 1 saturated heterocycles. The Kier molecular flexibility index (Phi) is 3.85. The number of amides is 1. The van der Waals surface area contributed by atoms with E-state index in [2.05, 4.69) is 11.4 Å². The van der Waals surface area contributed by atoms with Crippen LogP contribution in [-0.4, -0.2) is 34.0 Å². The first-order valence-corrected chi connectivity index (χ1v) is 8.04. The number of Topliss-reactive ketones (excluding diaryl/α,β-unsaturated/α-hetero) is 1. The number of ketones is 1. The highest BCUT2D eigenvalue weighted by atomic mass is 16.3. The van der Waals surface area contributed by atoms with Gasteiger partial charge in [0.1, 0.15) is 11.3 Å². The van der Waals surface area contributed by atoms with Gasteiger partial charge in [-0.1, -0.05) is 19.1 Å². The van der Waals surface area contributed by atoms with Gasteiger partial charge in [0.25, 0.3) is 5.91 Å². The lowest BCUT2D eigenvalue weighted by atomic mass is 9.63. The second-order valence-corrected chi connectivity index (χ2v) is 6.88. The Hall–Kier alpha value is -1.62. The fourth-order valence-corrected chi connectivity index (χ4v) is 4.22. The highest BCUT2D eigenvalue weighted by Gasteiger charge is 2.44. The Bertz CT molecular complexity index is 565. The zero-order valence-electron chi connectivity index (χ0n) is 13.0. The summed E-state index contributed by atoms with van der Waals surface area (Å²) in [6.45, 7) is 3.63. The maximum Gasteiger partial charge on any atom is 0.259 e. The van der Waals surface area contributed by atoms with Gasteiger partial charge in [-0.05, 0) is 43.9 Å². The third-order valence-corrected chi connectivity index (χ3v) is 5.40. The number of fused-ring (bicyclic) bond motifs is 1. The van der Waals surface area contributed by atoms with Crippen LogP contribution < -0.4 is 5.32 Å². The van der Waals surface area contributed by atoms with Gasteiger partial charge in [-0.2, -0.15) is 0 Å². The molecule has 2 aliphatic carbocycles. The summed E-state index contributed by atoms with van der Waals surface area (Å²) in [5, 5.41) is 23.1. The van der Waals surface area contributed by atoms with Gasteiger partial charge in [0.2, 0.25) is 0 Å². The summed E-state index contributed by atoms with van der Waals surface area (Å²) in [6.07, 6.45) is 6.04. The van der Waals surface area contributed by atoms with E-state index in [1.807, 2.05) is 13.0 Å². The van der Waals surface area contributed by atoms with Gasteiger partial charge in [-0.15, -0.1) is 0 Å². The van der Waals surface area contributed by atoms with Crippen molar-refractivity contribution in [2.45, 2.75) is 45.3 Å². The van der Waals surface area contributed by atoms with Crippen LogP contribution in [0.2, 0.25) is 0 Å². The number of aliphatic hydroxyl groups excluding tert-OH is 2. The van der Waals surface area contributed by atoms with Gasteiger partial charge in [0, 0.05) is 5.92 Å². The summed E-state index contributed by atoms with van der Waals surface area (Å²) in [7, 11) is 0. The van der Waals surface area contributed by atoms with E-state index in [1.54, 1.807) is 6.92 Å². The van der Waals surface area contributed by atoms with Gasteiger partial charge in [0.15, 0.2) is 5.78 Å². The molecule has 0 spiro atoms. The van der Waals surface area contributed by atoms with Crippen LogP contribution in [-0.2, 0) is 9.59 Å². The number of allylic oxidation sites excluding steroid dienone is 3. The predicted octanol–water partition coefficient (Wildman–Crippen LogP) is 1.49. The maximum absolute atomic E-state index is 12.2. The number of rotatable bonds is 1. The van der Waals surface area contributed by atoms with E-state index >= 15 is 0 Å². The average molecular weight is 305 g/mol. The monoisotopic (exact) mass is 305 g/mol. The first-order chi connectivity index (χ1) is 10.4. The standard InChI is InChI=1S/C17H23NO4/c1-8-3-4-10-7-11(19)5-6-12(10)13(8)16(21)14-15(20)9(2)18-17(14)22/h3-4,8-13,19,21H,5-7H2,1-2H3,(H,18,22)/b16-14-/t8-,9+,10-,11+,12-,13-/m1/s1. The summed E-state index contributed by atoms with van der Waals surface area (Å²) in [6, 6.07) is -0.567. The average Bonchev–Trinajstić information content (AvgIpc) is 2.71. The molecule has 1 aliphatic heterocycles. The topological polar surface area (TPSA) is 86.6 Å². The van der Waals surface area contributed by atoms with Crippen molar-refractivity contribution >= 4 is 11.7 Å². The van der Waals surface area contributed by atoms with Crippen molar-refractivity contribution in [1.82, 2.24) is 5.32 Å². The minimum atomic E-state index is -0.567. The molecule has 0 aromatic heterocycles. The van der Waals surface area contributed by atoms with Crippen LogP contribution in [0.5, 0.6) is 0 Å². The molecule has 2 fully saturated rings. The van der Waals surface area contributed by atoms with Gasteiger partial charge in [-0.25, -0.2) is 0 Å². The first kappa shape index (κ1) is 15.3. The van der Waals surface area contributed by atoms with Crippen LogP contribution in [0.15, 0.2) is 23.5 Å². The minimum absolute atomic E-state index is 0.0601. The molecule has 3 rings (SSSR count). The third kappa shape index (κ3) is 2.37. The predicted molar refractivity (Wildman–Crippen MR) is 80.9 cm³/mol. The van der Waals surface area contributed by atoms with Crippen LogP contribution in [0.4, 0.5) is 0 Å². The molecule has 0 aromatic carbocycles. The van der Waals surface area contributed by atoms with E-state index in [9.17, 15) is 19.8 Å². The number of hydrogen-bond donors (Lipinski definition) is 3. The second-order valence-electron chi connectivity index (χ2n) is 6.88. The molecule has 1 heterocycles. The molecule has 5 nitrogen and oxygen atoms in total. The van der Waals surface area contributed by atoms with Crippen LogP contribution in [0.3, 0.4) is 0 Å². The Morgan fingerprint density at radius 2 is 1.95 bits per heavy atom. The van der Waals surface area contributed by atoms with E-state index in [0.29, 0.717) is 12.8 Å². The Labute approximate surface area is 130 Å². The van der Waals surface area contributed by atoms with E-state index in [4.69, 9.17) is 0 Å². The summed E-state index contributed by atoms with van der Waals surface area (Å²) < 4.78 is 0. The molecule has 0 aromatic rings. The molecular formula is C17H23NO4. The van der Waals surface area contributed by atoms with Crippen LogP contribution in [0.1, 0.15) is 33.1 Å². The number of hydrogen-bond acceptors (Lipinski definition) is 4. The zero-order valence-corrected chi connectivity index (χ0v) is 13.0. The van der Waals surface area contributed by atoms with Gasteiger partial charge in [0.05, 0.1) is 12.1 Å². The van der Waals surface area contributed by atoms with Crippen LogP contribution >= 0.6 is 0 Å². The van der Waals surface area contributed by atoms with Crippen molar-refractivity contribution in [3.8, 4) is 0 Å². The van der Waals surface area contributed by atoms with Gasteiger partial charge >= 0.3 is 0 Å².